The molecule has 0 saturated carbocycles. The van der Waals surface area contributed by atoms with Gasteiger partial charge in [0.2, 0.25) is 0 Å². The quantitative estimate of drug-likeness (QED) is 0.728. The molecule has 0 atom stereocenters. The first-order valence-electron chi connectivity index (χ1n) is 7.14. The first-order valence-corrected chi connectivity index (χ1v) is 7.95. The van der Waals surface area contributed by atoms with Crippen LogP contribution < -0.4 is 5.56 Å². The zero-order chi connectivity index (χ0) is 16.1. The van der Waals surface area contributed by atoms with Crippen molar-refractivity contribution in [3.05, 3.63) is 38.5 Å². The lowest BCUT2D eigenvalue weighted by molar-refractivity contribution is 0.365. The standard InChI is InChI=1S/C15H19N5OS/c1-9-12(22-10(2)18-9)7-19-8-16-13-11(14(19)21)6-17-20(13)15(3,4)5/h6,8H,7H2,1-5H3. The monoisotopic (exact) mass is 317 g/mol. The van der Waals surface area contributed by atoms with E-state index in [0.717, 1.165) is 15.6 Å². The molecule has 0 bridgehead atoms. The maximum atomic E-state index is 12.6. The van der Waals surface area contributed by atoms with E-state index < -0.39 is 0 Å². The molecule has 7 heteroatoms. The second-order valence-corrected chi connectivity index (χ2v) is 7.67. The van der Waals surface area contributed by atoms with E-state index >= 15 is 0 Å². The van der Waals surface area contributed by atoms with E-state index in [1.165, 1.54) is 0 Å². The average molecular weight is 317 g/mol. The number of hydrogen-bond donors (Lipinski definition) is 0. The molecule has 0 aromatic carbocycles. The van der Waals surface area contributed by atoms with Crippen molar-refractivity contribution in [2.75, 3.05) is 0 Å². The highest BCUT2D eigenvalue weighted by atomic mass is 32.1. The van der Waals surface area contributed by atoms with E-state index in [1.807, 2.05) is 34.6 Å². The Morgan fingerprint density at radius 2 is 2.00 bits per heavy atom. The highest BCUT2D eigenvalue weighted by molar-refractivity contribution is 7.11. The lowest BCUT2D eigenvalue weighted by Gasteiger charge is -2.19. The third kappa shape index (κ3) is 2.45. The predicted molar refractivity (Wildman–Crippen MR) is 87.5 cm³/mol. The summed E-state index contributed by atoms with van der Waals surface area (Å²) in [7, 11) is 0. The van der Waals surface area contributed by atoms with Crippen molar-refractivity contribution >= 4 is 22.4 Å². The Kier molecular flexibility index (Phi) is 3.40. The summed E-state index contributed by atoms with van der Waals surface area (Å²) >= 11 is 1.61. The van der Waals surface area contributed by atoms with Gasteiger partial charge in [-0.3, -0.25) is 9.36 Å². The molecule has 3 aromatic rings. The Labute approximate surface area is 132 Å². The molecule has 0 unspecified atom stereocenters. The number of rotatable bonds is 2. The predicted octanol–water partition coefficient (Wildman–Crippen LogP) is 2.47. The van der Waals surface area contributed by atoms with Crippen LogP contribution in [0.15, 0.2) is 17.3 Å². The lowest BCUT2D eigenvalue weighted by Crippen LogP contribution is -2.25. The topological polar surface area (TPSA) is 65.6 Å². The van der Waals surface area contributed by atoms with E-state index in [1.54, 1.807) is 33.1 Å². The fraction of sp³-hybridized carbons (Fsp3) is 0.467. The summed E-state index contributed by atoms with van der Waals surface area (Å²) in [5.74, 6) is 0. The van der Waals surface area contributed by atoms with Crippen molar-refractivity contribution in [1.29, 1.82) is 0 Å². The number of aryl methyl sites for hydroxylation is 2. The van der Waals surface area contributed by atoms with E-state index in [4.69, 9.17) is 0 Å². The van der Waals surface area contributed by atoms with Crippen molar-refractivity contribution in [3.63, 3.8) is 0 Å². The van der Waals surface area contributed by atoms with Gasteiger partial charge >= 0.3 is 0 Å². The largest absolute Gasteiger partial charge is 0.293 e. The molecule has 3 rings (SSSR count). The molecule has 0 aliphatic heterocycles. The van der Waals surface area contributed by atoms with E-state index in [2.05, 4.69) is 15.1 Å². The maximum absolute atomic E-state index is 12.6. The summed E-state index contributed by atoms with van der Waals surface area (Å²) in [6.07, 6.45) is 3.21. The van der Waals surface area contributed by atoms with Crippen LogP contribution in [0.25, 0.3) is 11.0 Å². The van der Waals surface area contributed by atoms with Gasteiger partial charge in [0.1, 0.15) is 11.7 Å². The molecule has 0 aliphatic rings. The summed E-state index contributed by atoms with van der Waals surface area (Å²) < 4.78 is 3.41. The maximum Gasteiger partial charge on any atom is 0.264 e. The van der Waals surface area contributed by atoms with Gasteiger partial charge in [-0.2, -0.15) is 5.10 Å². The number of fused-ring (bicyclic) bond motifs is 1. The van der Waals surface area contributed by atoms with Gasteiger partial charge in [-0.05, 0) is 34.6 Å². The molecule has 0 aliphatic carbocycles. The summed E-state index contributed by atoms with van der Waals surface area (Å²) in [5, 5.41) is 5.89. The minimum absolute atomic E-state index is 0.0639. The third-order valence-electron chi connectivity index (χ3n) is 3.50. The van der Waals surface area contributed by atoms with Gasteiger partial charge in [0, 0.05) is 4.88 Å². The second kappa shape index (κ2) is 5.01. The molecule has 22 heavy (non-hydrogen) atoms. The van der Waals surface area contributed by atoms with Crippen LogP contribution in [0, 0.1) is 13.8 Å². The number of thiazole rings is 1. The highest BCUT2D eigenvalue weighted by Gasteiger charge is 2.20. The molecule has 0 fully saturated rings. The van der Waals surface area contributed by atoms with Crippen molar-refractivity contribution in [3.8, 4) is 0 Å². The van der Waals surface area contributed by atoms with Crippen LogP contribution in [-0.2, 0) is 12.1 Å². The van der Waals surface area contributed by atoms with Gasteiger partial charge in [-0.1, -0.05) is 0 Å². The number of hydrogen-bond acceptors (Lipinski definition) is 5. The molecule has 0 N–H and O–H groups in total. The number of nitrogens with zero attached hydrogens (tertiary/aromatic N) is 5. The van der Waals surface area contributed by atoms with Crippen LogP contribution in [0.1, 0.15) is 36.3 Å². The molecule has 0 amide bonds. The van der Waals surface area contributed by atoms with Gasteiger partial charge in [0.05, 0.1) is 29.0 Å². The zero-order valence-corrected chi connectivity index (χ0v) is 14.2. The minimum Gasteiger partial charge on any atom is -0.293 e. The SMILES string of the molecule is Cc1nc(C)c(Cn2cnc3c(cnn3C(C)(C)C)c2=O)s1. The molecule has 0 saturated heterocycles. The average Bonchev–Trinajstić information content (AvgIpc) is 2.96. The molecule has 0 radical (unpaired) electrons. The molecule has 6 nitrogen and oxygen atoms in total. The molecule has 3 heterocycles. The van der Waals surface area contributed by atoms with E-state index in [0.29, 0.717) is 17.6 Å². The van der Waals surface area contributed by atoms with Crippen molar-refractivity contribution in [2.24, 2.45) is 0 Å². The van der Waals surface area contributed by atoms with Crippen molar-refractivity contribution in [1.82, 2.24) is 24.3 Å². The number of aromatic nitrogens is 5. The first kappa shape index (κ1) is 14.9. The van der Waals surface area contributed by atoms with Crippen LogP contribution in [0.4, 0.5) is 0 Å². The summed E-state index contributed by atoms with van der Waals surface area (Å²) in [6.45, 7) is 10.5. The van der Waals surface area contributed by atoms with E-state index in [9.17, 15) is 4.79 Å². The molecule has 3 aromatic heterocycles. The summed E-state index contributed by atoms with van der Waals surface area (Å²) in [5.41, 5.74) is 1.33. The Morgan fingerprint density at radius 3 is 2.59 bits per heavy atom. The summed E-state index contributed by atoms with van der Waals surface area (Å²) in [6, 6.07) is 0. The van der Waals surface area contributed by atoms with Crippen LogP contribution in [0.2, 0.25) is 0 Å². The normalized spacial score (nSPS) is 12.2. The fourth-order valence-corrected chi connectivity index (χ4v) is 3.36. The second-order valence-electron chi connectivity index (χ2n) is 6.38. The first-order chi connectivity index (χ1) is 10.3. The van der Waals surface area contributed by atoms with Gasteiger partial charge < -0.3 is 0 Å². The van der Waals surface area contributed by atoms with Crippen LogP contribution in [0.3, 0.4) is 0 Å². The third-order valence-corrected chi connectivity index (χ3v) is 4.56. The smallest absolute Gasteiger partial charge is 0.264 e. The zero-order valence-electron chi connectivity index (χ0n) is 13.4. The van der Waals surface area contributed by atoms with Crippen LogP contribution in [0.5, 0.6) is 0 Å². The fourth-order valence-electron chi connectivity index (χ4n) is 2.43. The molecular weight excluding hydrogens is 298 g/mol. The Morgan fingerprint density at radius 1 is 1.27 bits per heavy atom. The molecular formula is C15H19N5OS. The van der Waals surface area contributed by atoms with Gasteiger partial charge in [-0.15, -0.1) is 11.3 Å². The van der Waals surface area contributed by atoms with Gasteiger partial charge in [0.25, 0.3) is 5.56 Å². The van der Waals surface area contributed by atoms with Crippen molar-refractivity contribution in [2.45, 2.75) is 46.7 Å². The minimum atomic E-state index is -0.210. The Balaban J connectivity index is 2.08. The van der Waals surface area contributed by atoms with Crippen molar-refractivity contribution < 1.29 is 0 Å². The Hall–Kier alpha value is -2.02. The molecule has 116 valence electrons. The highest BCUT2D eigenvalue weighted by Crippen LogP contribution is 2.20. The Bertz CT molecular complexity index is 897. The van der Waals surface area contributed by atoms with Crippen LogP contribution >= 0.6 is 11.3 Å². The van der Waals surface area contributed by atoms with Crippen LogP contribution in [-0.4, -0.2) is 24.3 Å². The molecule has 0 spiro atoms. The van der Waals surface area contributed by atoms with E-state index in [-0.39, 0.29) is 11.1 Å². The van der Waals surface area contributed by atoms with Gasteiger partial charge in [-0.25, -0.2) is 14.6 Å². The summed E-state index contributed by atoms with van der Waals surface area (Å²) in [4.78, 5) is 22.6. The lowest BCUT2D eigenvalue weighted by atomic mass is 10.1. The van der Waals surface area contributed by atoms with Gasteiger partial charge in [0.15, 0.2) is 5.65 Å².